The van der Waals surface area contributed by atoms with Crippen LogP contribution in [0.1, 0.15) is 39.4 Å². The van der Waals surface area contributed by atoms with Gasteiger partial charge in [0.05, 0.1) is 12.7 Å². The largest absolute Gasteiger partial charge is 0.377 e. The van der Waals surface area contributed by atoms with Gasteiger partial charge in [0.25, 0.3) is 0 Å². The lowest BCUT2D eigenvalue weighted by Gasteiger charge is -2.15. The van der Waals surface area contributed by atoms with Gasteiger partial charge in [-0.25, -0.2) is 4.98 Å². The number of aryl methyl sites for hydroxylation is 1. The standard InChI is InChI=1S/C14H27N3O/c1-12(2)11-13(3)18-10-9-15-6-4-5-14-16-7-8-17-14/h7-8,12-13,15H,4-6,9-11H2,1-3H3,(H,16,17). The maximum Gasteiger partial charge on any atom is 0.106 e. The minimum atomic E-state index is 0.370. The van der Waals surface area contributed by atoms with Crippen LogP contribution in [0.3, 0.4) is 0 Å². The molecule has 0 radical (unpaired) electrons. The normalized spacial score (nSPS) is 13.1. The van der Waals surface area contributed by atoms with E-state index in [1.54, 1.807) is 6.20 Å². The van der Waals surface area contributed by atoms with E-state index >= 15 is 0 Å². The van der Waals surface area contributed by atoms with E-state index in [0.29, 0.717) is 12.0 Å². The van der Waals surface area contributed by atoms with Crippen LogP contribution < -0.4 is 5.32 Å². The van der Waals surface area contributed by atoms with Crippen molar-refractivity contribution in [2.45, 2.75) is 46.1 Å². The number of ether oxygens (including phenoxy) is 1. The van der Waals surface area contributed by atoms with Crippen LogP contribution in [0.2, 0.25) is 0 Å². The summed E-state index contributed by atoms with van der Waals surface area (Å²) in [7, 11) is 0. The zero-order chi connectivity index (χ0) is 13.2. The van der Waals surface area contributed by atoms with Crippen molar-refractivity contribution in [2.24, 2.45) is 5.92 Å². The van der Waals surface area contributed by atoms with Crippen molar-refractivity contribution in [3.8, 4) is 0 Å². The van der Waals surface area contributed by atoms with E-state index in [2.05, 4.69) is 36.1 Å². The molecule has 0 aliphatic rings. The molecule has 0 spiro atoms. The minimum Gasteiger partial charge on any atom is -0.377 e. The van der Waals surface area contributed by atoms with Crippen LogP contribution in [-0.2, 0) is 11.2 Å². The molecule has 104 valence electrons. The van der Waals surface area contributed by atoms with Crippen molar-refractivity contribution in [1.82, 2.24) is 15.3 Å². The molecule has 18 heavy (non-hydrogen) atoms. The molecule has 0 fully saturated rings. The second-order valence-corrected chi connectivity index (χ2v) is 5.20. The van der Waals surface area contributed by atoms with E-state index in [1.165, 1.54) is 0 Å². The van der Waals surface area contributed by atoms with Gasteiger partial charge in [0.2, 0.25) is 0 Å². The van der Waals surface area contributed by atoms with E-state index in [4.69, 9.17) is 4.74 Å². The summed E-state index contributed by atoms with van der Waals surface area (Å²) >= 11 is 0. The number of nitrogens with zero attached hydrogens (tertiary/aromatic N) is 1. The third-order valence-electron chi connectivity index (χ3n) is 2.81. The monoisotopic (exact) mass is 253 g/mol. The van der Waals surface area contributed by atoms with Gasteiger partial charge in [-0.15, -0.1) is 0 Å². The molecule has 0 aliphatic heterocycles. The molecule has 1 rings (SSSR count). The summed E-state index contributed by atoms with van der Waals surface area (Å²) in [5, 5.41) is 3.39. The summed E-state index contributed by atoms with van der Waals surface area (Å²) in [5.41, 5.74) is 0. The van der Waals surface area contributed by atoms with Gasteiger partial charge in [0.1, 0.15) is 5.82 Å². The van der Waals surface area contributed by atoms with Gasteiger partial charge >= 0.3 is 0 Å². The molecule has 0 saturated heterocycles. The number of rotatable bonds is 10. The Morgan fingerprint density at radius 2 is 2.17 bits per heavy atom. The Morgan fingerprint density at radius 1 is 1.33 bits per heavy atom. The first-order valence-electron chi connectivity index (χ1n) is 6.99. The number of hydrogen-bond acceptors (Lipinski definition) is 3. The number of aromatic amines is 1. The van der Waals surface area contributed by atoms with Gasteiger partial charge in [-0.2, -0.15) is 0 Å². The van der Waals surface area contributed by atoms with Crippen LogP contribution in [0, 0.1) is 5.92 Å². The first kappa shape index (κ1) is 15.2. The molecular weight excluding hydrogens is 226 g/mol. The van der Waals surface area contributed by atoms with Crippen LogP contribution in [-0.4, -0.2) is 35.8 Å². The molecule has 0 aromatic carbocycles. The van der Waals surface area contributed by atoms with Gasteiger partial charge in [-0.3, -0.25) is 0 Å². The van der Waals surface area contributed by atoms with Crippen molar-refractivity contribution in [1.29, 1.82) is 0 Å². The third-order valence-corrected chi connectivity index (χ3v) is 2.81. The fraction of sp³-hybridized carbons (Fsp3) is 0.786. The molecule has 0 saturated carbocycles. The van der Waals surface area contributed by atoms with Crippen LogP contribution in [0.25, 0.3) is 0 Å². The molecule has 2 N–H and O–H groups in total. The predicted molar refractivity (Wildman–Crippen MR) is 74.6 cm³/mol. The first-order chi connectivity index (χ1) is 8.68. The number of H-pyrrole nitrogens is 1. The molecule has 0 aliphatic carbocycles. The summed E-state index contributed by atoms with van der Waals surface area (Å²) in [4.78, 5) is 7.30. The van der Waals surface area contributed by atoms with Gasteiger partial charge in [0.15, 0.2) is 0 Å². The molecule has 0 bridgehead atoms. The molecular formula is C14H27N3O. The topological polar surface area (TPSA) is 49.9 Å². The summed E-state index contributed by atoms with van der Waals surface area (Å²) in [6, 6.07) is 0. The highest BCUT2D eigenvalue weighted by molar-refractivity contribution is 4.86. The first-order valence-corrected chi connectivity index (χ1v) is 6.99. The molecule has 1 aromatic heterocycles. The van der Waals surface area contributed by atoms with Crippen LogP contribution in [0.4, 0.5) is 0 Å². The van der Waals surface area contributed by atoms with Crippen molar-refractivity contribution in [3.63, 3.8) is 0 Å². The Labute approximate surface area is 111 Å². The van der Waals surface area contributed by atoms with Crippen molar-refractivity contribution in [2.75, 3.05) is 19.7 Å². The quantitative estimate of drug-likeness (QED) is 0.629. The Balaban J connectivity index is 1.87. The molecule has 0 amide bonds. The lowest BCUT2D eigenvalue weighted by molar-refractivity contribution is 0.0540. The highest BCUT2D eigenvalue weighted by Crippen LogP contribution is 2.06. The van der Waals surface area contributed by atoms with Gasteiger partial charge in [-0.05, 0) is 32.2 Å². The Kier molecular flexibility index (Phi) is 7.69. The van der Waals surface area contributed by atoms with E-state index in [-0.39, 0.29) is 0 Å². The van der Waals surface area contributed by atoms with E-state index in [0.717, 1.165) is 44.8 Å². The average Bonchev–Trinajstić information content (AvgIpc) is 2.79. The molecule has 1 heterocycles. The minimum absolute atomic E-state index is 0.370. The van der Waals surface area contributed by atoms with Crippen LogP contribution in [0.15, 0.2) is 12.4 Å². The SMILES string of the molecule is CC(C)CC(C)OCCNCCCc1ncc[nH]1. The Hall–Kier alpha value is -0.870. The third kappa shape index (κ3) is 7.45. The van der Waals surface area contributed by atoms with Crippen molar-refractivity contribution >= 4 is 0 Å². The number of hydrogen-bond donors (Lipinski definition) is 2. The van der Waals surface area contributed by atoms with Gasteiger partial charge in [0, 0.05) is 25.4 Å². The fourth-order valence-electron chi connectivity index (χ4n) is 2.00. The molecule has 1 aromatic rings. The lowest BCUT2D eigenvalue weighted by atomic mass is 10.1. The van der Waals surface area contributed by atoms with E-state index < -0.39 is 0 Å². The Bertz CT molecular complexity index is 285. The number of nitrogens with one attached hydrogen (secondary N) is 2. The summed E-state index contributed by atoms with van der Waals surface area (Å²) in [6.07, 6.45) is 7.28. The molecule has 4 nitrogen and oxygen atoms in total. The van der Waals surface area contributed by atoms with Crippen LogP contribution in [0.5, 0.6) is 0 Å². The van der Waals surface area contributed by atoms with Crippen molar-refractivity contribution in [3.05, 3.63) is 18.2 Å². The summed E-state index contributed by atoms with van der Waals surface area (Å²) < 4.78 is 5.72. The zero-order valence-electron chi connectivity index (χ0n) is 11.9. The second kappa shape index (κ2) is 9.11. The predicted octanol–water partition coefficient (Wildman–Crippen LogP) is 2.38. The highest BCUT2D eigenvalue weighted by atomic mass is 16.5. The van der Waals surface area contributed by atoms with Gasteiger partial charge < -0.3 is 15.0 Å². The van der Waals surface area contributed by atoms with E-state index in [9.17, 15) is 0 Å². The average molecular weight is 253 g/mol. The van der Waals surface area contributed by atoms with Gasteiger partial charge in [-0.1, -0.05) is 13.8 Å². The Morgan fingerprint density at radius 3 is 2.83 bits per heavy atom. The number of aromatic nitrogens is 2. The van der Waals surface area contributed by atoms with Crippen molar-refractivity contribution < 1.29 is 4.74 Å². The maximum absolute atomic E-state index is 5.72. The molecule has 4 heteroatoms. The molecule has 1 unspecified atom stereocenters. The van der Waals surface area contributed by atoms with Crippen LogP contribution >= 0.6 is 0 Å². The number of imidazole rings is 1. The zero-order valence-corrected chi connectivity index (χ0v) is 11.9. The highest BCUT2D eigenvalue weighted by Gasteiger charge is 2.04. The summed E-state index contributed by atoms with van der Waals surface area (Å²) in [5.74, 6) is 1.78. The maximum atomic E-state index is 5.72. The smallest absolute Gasteiger partial charge is 0.106 e. The van der Waals surface area contributed by atoms with E-state index in [1.807, 2.05) is 6.20 Å². The molecule has 1 atom stereocenters. The summed E-state index contributed by atoms with van der Waals surface area (Å²) in [6.45, 7) is 9.36. The fourth-order valence-corrected chi connectivity index (χ4v) is 2.00. The lowest BCUT2D eigenvalue weighted by Crippen LogP contribution is -2.24. The second-order valence-electron chi connectivity index (χ2n) is 5.20.